The van der Waals surface area contributed by atoms with Crippen LogP contribution in [0.2, 0.25) is 0 Å². The van der Waals surface area contributed by atoms with Gasteiger partial charge in [0, 0.05) is 31.0 Å². The Morgan fingerprint density at radius 3 is 2.86 bits per heavy atom. The average molecular weight is 297 g/mol. The summed E-state index contributed by atoms with van der Waals surface area (Å²) in [5.74, 6) is 0.645. The lowest BCUT2D eigenvalue weighted by Gasteiger charge is -2.41. The average Bonchev–Trinajstić information content (AvgIpc) is 3.17. The highest BCUT2D eigenvalue weighted by molar-refractivity contribution is 5.36. The number of hydrogen-bond donors (Lipinski definition) is 1. The largest absolute Gasteiger partial charge is 0.387 e. The molecule has 1 N–H and O–H groups in total. The molecule has 2 aromatic rings. The maximum absolute atomic E-state index is 10.7. The number of benzene rings is 1. The molecule has 1 saturated heterocycles. The fourth-order valence-electron chi connectivity index (χ4n) is 4.11. The number of fused-ring (bicyclic) bond motifs is 1. The van der Waals surface area contributed by atoms with Crippen molar-refractivity contribution in [2.24, 2.45) is 5.92 Å². The summed E-state index contributed by atoms with van der Waals surface area (Å²) in [6.45, 7) is 4.39. The van der Waals surface area contributed by atoms with Crippen molar-refractivity contribution < 1.29 is 5.11 Å². The molecule has 0 amide bonds. The zero-order valence-corrected chi connectivity index (χ0v) is 13.0. The SMILES string of the molecule is CC1CCN(C2Cc3ccccc3C2O)CC1n1ccnc1. The highest BCUT2D eigenvalue weighted by Gasteiger charge is 2.38. The van der Waals surface area contributed by atoms with Gasteiger partial charge in [0.05, 0.1) is 12.4 Å². The third-order valence-corrected chi connectivity index (χ3v) is 5.49. The molecular formula is C18H23N3O. The van der Waals surface area contributed by atoms with E-state index in [9.17, 15) is 5.11 Å². The molecule has 1 aromatic heterocycles. The summed E-state index contributed by atoms with van der Waals surface area (Å²) in [5, 5.41) is 10.7. The number of rotatable bonds is 2. The van der Waals surface area contributed by atoms with Gasteiger partial charge in [-0.3, -0.25) is 4.90 Å². The molecule has 4 nitrogen and oxygen atoms in total. The van der Waals surface area contributed by atoms with E-state index >= 15 is 0 Å². The Balaban J connectivity index is 1.54. The first kappa shape index (κ1) is 14.0. The van der Waals surface area contributed by atoms with Crippen molar-refractivity contribution in [2.75, 3.05) is 13.1 Å². The number of hydrogen-bond acceptors (Lipinski definition) is 3. The molecule has 4 rings (SSSR count). The van der Waals surface area contributed by atoms with Gasteiger partial charge in [-0.1, -0.05) is 31.2 Å². The Bertz CT molecular complexity index is 640. The first-order chi connectivity index (χ1) is 10.7. The highest BCUT2D eigenvalue weighted by Crippen LogP contribution is 2.37. The van der Waals surface area contributed by atoms with Crippen molar-refractivity contribution >= 4 is 0 Å². The van der Waals surface area contributed by atoms with Crippen LogP contribution in [-0.4, -0.2) is 38.7 Å². The van der Waals surface area contributed by atoms with Crippen LogP contribution in [0.3, 0.4) is 0 Å². The summed E-state index contributed by atoms with van der Waals surface area (Å²) in [5.41, 5.74) is 2.42. The van der Waals surface area contributed by atoms with Crippen LogP contribution in [-0.2, 0) is 6.42 Å². The van der Waals surface area contributed by atoms with Crippen molar-refractivity contribution in [1.29, 1.82) is 0 Å². The first-order valence-electron chi connectivity index (χ1n) is 8.21. The quantitative estimate of drug-likeness (QED) is 0.925. The van der Waals surface area contributed by atoms with Crippen LogP contribution >= 0.6 is 0 Å². The lowest BCUT2D eigenvalue weighted by atomic mass is 9.91. The summed E-state index contributed by atoms with van der Waals surface area (Å²) in [6.07, 6.45) is 7.61. The molecule has 1 aliphatic carbocycles. The minimum absolute atomic E-state index is 0.218. The number of piperidine rings is 1. The van der Waals surface area contributed by atoms with E-state index in [4.69, 9.17) is 0 Å². The van der Waals surface area contributed by atoms with E-state index in [1.807, 2.05) is 18.6 Å². The Kier molecular flexibility index (Phi) is 3.51. The van der Waals surface area contributed by atoms with Crippen LogP contribution in [0.25, 0.3) is 0 Å². The molecule has 2 heterocycles. The van der Waals surface area contributed by atoms with E-state index < -0.39 is 0 Å². The topological polar surface area (TPSA) is 41.3 Å². The summed E-state index contributed by atoms with van der Waals surface area (Å²) < 4.78 is 2.23. The van der Waals surface area contributed by atoms with Crippen LogP contribution in [0.5, 0.6) is 0 Å². The number of aromatic nitrogens is 2. The Labute approximate surface area is 131 Å². The summed E-state index contributed by atoms with van der Waals surface area (Å²) in [4.78, 5) is 6.68. The zero-order valence-electron chi connectivity index (χ0n) is 13.0. The molecule has 0 saturated carbocycles. The van der Waals surface area contributed by atoms with Gasteiger partial charge in [0.1, 0.15) is 0 Å². The molecule has 1 aromatic carbocycles. The van der Waals surface area contributed by atoms with Crippen LogP contribution in [0.1, 0.15) is 36.6 Å². The van der Waals surface area contributed by atoms with Gasteiger partial charge in [0.2, 0.25) is 0 Å². The van der Waals surface area contributed by atoms with Gasteiger partial charge in [-0.2, -0.15) is 0 Å². The second-order valence-electron chi connectivity index (χ2n) is 6.75. The van der Waals surface area contributed by atoms with Crippen LogP contribution in [0, 0.1) is 5.92 Å². The third-order valence-electron chi connectivity index (χ3n) is 5.49. The first-order valence-corrected chi connectivity index (χ1v) is 8.21. The monoisotopic (exact) mass is 297 g/mol. The molecule has 0 radical (unpaired) electrons. The maximum Gasteiger partial charge on any atom is 0.0951 e. The van der Waals surface area contributed by atoms with E-state index in [2.05, 4.69) is 45.8 Å². The number of nitrogens with zero attached hydrogens (tertiary/aromatic N) is 3. The second kappa shape index (κ2) is 5.52. The van der Waals surface area contributed by atoms with E-state index in [0.29, 0.717) is 12.0 Å². The fourth-order valence-corrected chi connectivity index (χ4v) is 4.11. The Morgan fingerprint density at radius 2 is 2.09 bits per heavy atom. The molecule has 4 atom stereocenters. The number of aliphatic hydroxyl groups is 1. The lowest BCUT2D eigenvalue weighted by molar-refractivity contribution is 0.0225. The number of likely N-dealkylation sites (tertiary alicyclic amines) is 1. The van der Waals surface area contributed by atoms with Crippen LogP contribution in [0.4, 0.5) is 0 Å². The second-order valence-corrected chi connectivity index (χ2v) is 6.75. The van der Waals surface area contributed by atoms with Crippen molar-refractivity contribution in [3.63, 3.8) is 0 Å². The van der Waals surface area contributed by atoms with E-state index in [-0.39, 0.29) is 12.1 Å². The van der Waals surface area contributed by atoms with Gasteiger partial charge in [-0.25, -0.2) is 4.98 Å². The smallest absolute Gasteiger partial charge is 0.0951 e. The predicted molar refractivity (Wildman–Crippen MR) is 85.5 cm³/mol. The number of aliphatic hydroxyl groups excluding tert-OH is 1. The van der Waals surface area contributed by atoms with E-state index in [1.165, 1.54) is 12.0 Å². The lowest BCUT2D eigenvalue weighted by Crippen LogP contribution is -2.47. The minimum Gasteiger partial charge on any atom is -0.387 e. The Morgan fingerprint density at radius 1 is 1.23 bits per heavy atom. The van der Waals surface area contributed by atoms with Gasteiger partial charge in [-0.05, 0) is 36.4 Å². The fraction of sp³-hybridized carbons (Fsp3) is 0.500. The Hall–Kier alpha value is -1.65. The van der Waals surface area contributed by atoms with Gasteiger partial charge in [0.25, 0.3) is 0 Å². The molecule has 4 heteroatoms. The minimum atomic E-state index is -0.354. The number of imidazole rings is 1. The molecule has 4 unspecified atom stereocenters. The predicted octanol–water partition coefficient (Wildman–Crippen LogP) is 2.42. The molecule has 116 valence electrons. The third kappa shape index (κ3) is 2.27. The molecule has 1 fully saturated rings. The van der Waals surface area contributed by atoms with Gasteiger partial charge in [0.15, 0.2) is 0 Å². The van der Waals surface area contributed by atoms with Gasteiger partial charge >= 0.3 is 0 Å². The standard InChI is InChI=1S/C18H23N3O/c1-13-6-8-20(11-17(13)21-9-7-19-12-21)16-10-14-4-2-3-5-15(14)18(16)22/h2-5,7,9,12-13,16-18,22H,6,8,10-11H2,1H3. The molecule has 1 aliphatic heterocycles. The summed E-state index contributed by atoms with van der Waals surface area (Å²) in [6, 6.07) is 8.98. The summed E-state index contributed by atoms with van der Waals surface area (Å²) in [7, 11) is 0. The van der Waals surface area contributed by atoms with Crippen LogP contribution in [0.15, 0.2) is 43.0 Å². The van der Waals surface area contributed by atoms with Crippen LogP contribution < -0.4 is 0 Å². The molecular weight excluding hydrogens is 274 g/mol. The summed E-state index contributed by atoms with van der Waals surface area (Å²) >= 11 is 0. The molecule has 22 heavy (non-hydrogen) atoms. The van der Waals surface area contributed by atoms with Crippen molar-refractivity contribution in [2.45, 2.75) is 38.0 Å². The van der Waals surface area contributed by atoms with Gasteiger partial charge in [-0.15, -0.1) is 0 Å². The van der Waals surface area contributed by atoms with Crippen molar-refractivity contribution in [3.8, 4) is 0 Å². The normalized spacial score (nSPS) is 32.1. The van der Waals surface area contributed by atoms with E-state index in [1.54, 1.807) is 0 Å². The van der Waals surface area contributed by atoms with Gasteiger partial charge < -0.3 is 9.67 Å². The maximum atomic E-state index is 10.7. The molecule has 0 bridgehead atoms. The highest BCUT2D eigenvalue weighted by atomic mass is 16.3. The zero-order chi connectivity index (χ0) is 15.1. The molecule has 0 spiro atoms. The molecule has 2 aliphatic rings. The van der Waals surface area contributed by atoms with Crippen molar-refractivity contribution in [3.05, 3.63) is 54.1 Å². The van der Waals surface area contributed by atoms with Crippen molar-refractivity contribution in [1.82, 2.24) is 14.5 Å². The van der Waals surface area contributed by atoms with E-state index in [0.717, 1.165) is 25.1 Å².